The van der Waals surface area contributed by atoms with E-state index in [4.69, 9.17) is 30.4 Å². The number of ether oxygens (including phenoxy) is 4. The van der Waals surface area contributed by atoms with Gasteiger partial charge in [0.2, 0.25) is 53.2 Å². The Morgan fingerprint density at radius 3 is 1.24 bits per heavy atom. The van der Waals surface area contributed by atoms with E-state index in [1.807, 2.05) is 27.7 Å². The lowest BCUT2D eigenvalue weighted by Crippen LogP contribution is -2.57. The normalized spacial score (nSPS) is 13.4. The van der Waals surface area contributed by atoms with Crippen LogP contribution in [0, 0.1) is 11.8 Å². The summed E-state index contributed by atoms with van der Waals surface area (Å²) in [6.07, 6.45) is 6.08. The number of hydrogen-bond acceptors (Lipinski definition) is 19. The monoisotopic (exact) mass is 1190 g/mol. The van der Waals surface area contributed by atoms with Gasteiger partial charge in [-0.3, -0.25) is 43.2 Å². The highest BCUT2D eigenvalue weighted by Crippen LogP contribution is 2.11. The summed E-state index contributed by atoms with van der Waals surface area (Å²) in [6, 6.07) is -1.28. The molecule has 0 unspecified atom stereocenters. The van der Waals surface area contributed by atoms with Crippen LogP contribution in [0.5, 0.6) is 0 Å². The quantitative estimate of drug-likeness (QED) is 0.0167. The maximum atomic E-state index is 13.3. The van der Waals surface area contributed by atoms with Gasteiger partial charge < -0.3 is 88.7 Å². The summed E-state index contributed by atoms with van der Waals surface area (Å²) in [5, 5.41) is 51.4. The van der Waals surface area contributed by atoms with Crippen molar-refractivity contribution in [2.24, 2.45) is 33.6 Å². The average molecular weight is 1190 g/mol. The van der Waals surface area contributed by atoms with E-state index < -0.39 is 35.0 Å². The molecule has 0 aliphatic rings. The van der Waals surface area contributed by atoms with Gasteiger partial charge in [0.1, 0.15) is 19.3 Å². The number of nitrogens with two attached hydrogens (primary N) is 2. The molecule has 3 atom stereocenters. The molecule has 28 nitrogen and oxygen atoms in total. The summed E-state index contributed by atoms with van der Waals surface area (Å²) in [4.78, 5) is 111. The average Bonchev–Trinajstić information content (AvgIpc) is 3.46. The Bertz CT molecular complexity index is 1960. The number of carbonyl (C=O) groups is 9. The van der Waals surface area contributed by atoms with Crippen molar-refractivity contribution >= 4 is 64.6 Å². The van der Waals surface area contributed by atoms with Gasteiger partial charge in [-0.2, -0.15) is 0 Å². The van der Waals surface area contributed by atoms with E-state index in [1.165, 1.54) is 0 Å². The van der Waals surface area contributed by atoms with Crippen molar-refractivity contribution in [3.05, 3.63) is 0 Å². The minimum Gasteiger partial charge on any atom is -0.411 e. The summed E-state index contributed by atoms with van der Waals surface area (Å²) < 4.78 is 21.5. The fourth-order valence-corrected chi connectivity index (χ4v) is 7.36. The predicted octanol–water partition coefficient (Wildman–Crippen LogP) is 0.134. The molecule has 0 aromatic rings. The first kappa shape index (κ1) is 76.9. The fraction of sp³-hybridized carbons (Fsp3) is 0.800. The van der Waals surface area contributed by atoms with Crippen LogP contribution < -0.4 is 59.3 Å². The number of hydrogen-bond donors (Lipinski definition) is 13. The van der Waals surface area contributed by atoms with E-state index in [0.717, 1.165) is 12.8 Å². The van der Waals surface area contributed by atoms with Crippen molar-refractivity contribution in [3.63, 3.8) is 0 Å². The molecule has 0 saturated carbocycles. The first-order chi connectivity index (χ1) is 39.3. The Balaban J connectivity index is 4.61. The molecule has 9 amide bonds. The van der Waals surface area contributed by atoms with Gasteiger partial charge in [0.15, 0.2) is 0 Å². The number of nitrogens with zero attached hydrogens (tertiary/aromatic N) is 2. The zero-order valence-electron chi connectivity index (χ0n) is 50.8. The van der Waals surface area contributed by atoms with Crippen molar-refractivity contribution in [3.8, 4) is 0 Å². The second-order valence-electron chi connectivity index (χ2n) is 21.6. The molecule has 0 heterocycles. The lowest BCUT2D eigenvalue weighted by Gasteiger charge is -2.32. The van der Waals surface area contributed by atoms with E-state index in [9.17, 15) is 53.6 Å². The third kappa shape index (κ3) is 41.6. The molecule has 0 aliphatic carbocycles. The number of rotatable bonds is 52. The lowest BCUT2D eigenvalue weighted by atomic mass is 9.98. The van der Waals surface area contributed by atoms with Crippen LogP contribution in [0.4, 0.5) is 0 Å². The Hall–Kier alpha value is -6.07. The molecule has 0 aromatic carbocycles. The summed E-state index contributed by atoms with van der Waals surface area (Å²) in [7, 11) is 0. The summed E-state index contributed by atoms with van der Waals surface area (Å²) >= 11 is 0. The highest BCUT2D eigenvalue weighted by Gasteiger charge is 2.27. The third-order valence-corrected chi connectivity index (χ3v) is 13.6. The van der Waals surface area contributed by atoms with Crippen LogP contribution in [0.25, 0.3) is 0 Å². The zero-order chi connectivity index (χ0) is 62.5. The molecule has 0 radical (unpaired) electrons. The highest BCUT2D eigenvalue weighted by atomic mass is 16.5. The first-order valence-electron chi connectivity index (χ1n) is 29.1. The molecule has 0 saturated heterocycles. The van der Waals surface area contributed by atoms with Crippen molar-refractivity contribution < 1.29 is 72.5 Å². The van der Waals surface area contributed by atoms with Gasteiger partial charge in [-0.25, -0.2) is 0 Å². The van der Waals surface area contributed by atoms with Gasteiger partial charge in [-0.05, 0) is 99.3 Å². The molecule has 0 spiro atoms. The highest BCUT2D eigenvalue weighted by molar-refractivity contribution is 5.91. The standard InChI is InChI=1S/C55H103N13O15/c1-39(51(56)75)17-9-12-25-59-49(73)37-82-33-32-81-30-28-61-50(74)38-83-34-31-80-29-27-60-46(70)21-16-23-48(72)66-44(53(77)62-26-13-10-18-40(2)52(57)76)19-11-14-24-58-45(69)20-15-22-47(71)65-43(35-63-54(5,6)41(3)67-78)36-64-55(7,8)42(4)68-79/h39-40,43-44,63-64,78-79H,9-38H2,1-8H3,(H2,56,75)(H2,57,76)(H,58,69)(H,59,73)(H,60,70)(H,61,74)(H,62,77)(H,65,71)(H,66,72)/b67-41+,68-42+/t39-,40-,44-/m0/s1. The van der Waals surface area contributed by atoms with E-state index >= 15 is 0 Å². The molecule has 0 bridgehead atoms. The number of primary amides is 2. The van der Waals surface area contributed by atoms with Crippen LogP contribution in [-0.2, 0) is 62.1 Å². The molecular weight excluding hydrogens is 1080 g/mol. The Kier molecular flexibility index (Phi) is 42.9. The summed E-state index contributed by atoms with van der Waals surface area (Å²) in [5.41, 5.74) is 10.2. The molecule has 0 aromatic heterocycles. The number of nitrogens with one attached hydrogen (secondary N) is 9. The Morgan fingerprint density at radius 1 is 0.446 bits per heavy atom. The molecule has 478 valence electrons. The second-order valence-corrected chi connectivity index (χ2v) is 21.6. The second kappa shape index (κ2) is 46.3. The molecular formula is C55H103N13O15. The van der Waals surface area contributed by atoms with Crippen molar-refractivity contribution in [2.45, 2.75) is 175 Å². The van der Waals surface area contributed by atoms with E-state index in [0.29, 0.717) is 82.7 Å². The Morgan fingerprint density at radius 2 is 0.807 bits per heavy atom. The molecule has 28 heteroatoms. The van der Waals surface area contributed by atoms with Crippen molar-refractivity contribution in [1.29, 1.82) is 0 Å². The maximum absolute atomic E-state index is 13.3. The number of oxime groups is 2. The zero-order valence-corrected chi connectivity index (χ0v) is 50.8. The molecule has 83 heavy (non-hydrogen) atoms. The van der Waals surface area contributed by atoms with Crippen molar-refractivity contribution in [2.75, 3.05) is 98.7 Å². The van der Waals surface area contributed by atoms with Gasteiger partial charge in [0, 0.05) is 83.3 Å². The third-order valence-electron chi connectivity index (χ3n) is 13.6. The van der Waals surface area contributed by atoms with Crippen molar-refractivity contribution in [1.82, 2.24) is 47.9 Å². The predicted molar refractivity (Wildman–Crippen MR) is 312 cm³/mol. The summed E-state index contributed by atoms with van der Waals surface area (Å²) in [6.45, 7) is 17.4. The largest absolute Gasteiger partial charge is 0.411 e. The minimum absolute atomic E-state index is 0.00449. The van der Waals surface area contributed by atoms with Crippen LogP contribution >= 0.6 is 0 Å². The van der Waals surface area contributed by atoms with Gasteiger partial charge in [0.25, 0.3) is 0 Å². The first-order valence-corrected chi connectivity index (χ1v) is 29.1. The van der Waals surface area contributed by atoms with Gasteiger partial charge in [-0.1, -0.05) is 37.0 Å². The Labute approximate surface area is 490 Å². The molecule has 0 rings (SSSR count). The SMILES string of the molecule is C/C(=N\O)C(C)(C)NCC(CNC(C)(C)/C(C)=N/O)NC(=O)CCCC(=O)NCCCC[C@H](NC(=O)CCCC(=O)NCCOCCOCC(=O)NCCOCCOCC(=O)NCCCC[C@H](C)C(N)=O)C(=O)NCCCC[C@H](C)C(N)=O. The lowest BCUT2D eigenvalue weighted by molar-refractivity contribution is -0.129. The number of unbranched alkanes of at least 4 members (excludes halogenated alkanes) is 3. The minimum atomic E-state index is -0.865. The van der Waals surface area contributed by atoms with Crippen LogP contribution in [0.3, 0.4) is 0 Å². The molecule has 0 aliphatic heterocycles. The van der Waals surface area contributed by atoms with Gasteiger partial charge in [-0.15, -0.1) is 0 Å². The molecule has 0 fully saturated rings. The van der Waals surface area contributed by atoms with Crippen LogP contribution in [0.1, 0.15) is 152 Å². The number of carbonyl (C=O) groups excluding carboxylic acids is 9. The summed E-state index contributed by atoms with van der Waals surface area (Å²) in [5.74, 6) is -3.35. The van der Waals surface area contributed by atoms with Gasteiger partial charge >= 0.3 is 0 Å². The van der Waals surface area contributed by atoms with Crippen LogP contribution in [-0.4, -0.2) is 197 Å². The van der Waals surface area contributed by atoms with Gasteiger partial charge in [0.05, 0.1) is 68.2 Å². The van der Waals surface area contributed by atoms with Crippen LogP contribution in [0.15, 0.2) is 10.3 Å². The number of amides is 9. The van der Waals surface area contributed by atoms with Crippen LogP contribution in [0.2, 0.25) is 0 Å². The fourth-order valence-electron chi connectivity index (χ4n) is 7.36. The topological polar surface area (TPSA) is 416 Å². The van der Waals surface area contributed by atoms with E-state index in [1.54, 1.807) is 27.7 Å². The maximum Gasteiger partial charge on any atom is 0.246 e. The smallest absolute Gasteiger partial charge is 0.246 e. The molecule has 15 N–H and O–H groups in total. The van der Waals surface area contributed by atoms with E-state index in [2.05, 4.69) is 58.2 Å². The van der Waals surface area contributed by atoms with E-state index in [-0.39, 0.29) is 164 Å².